The van der Waals surface area contributed by atoms with E-state index in [1.807, 2.05) is 24.3 Å². The van der Waals surface area contributed by atoms with E-state index in [0.717, 1.165) is 16.5 Å². The monoisotopic (exact) mass is 399 g/mol. The molecule has 0 saturated carbocycles. The van der Waals surface area contributed by atoms with Crippen molar-refractivity contribution in [3.05, 3.63) is 77.5 Å². The van der Waals surface area contributed by atoms with E-state index >= 15 is 0 Å². The van der Waals surface area contributed by atoms with E-state index in [1.54, 1.807) is 36.4 Å². The molecule has 8 nitrogen and oxygen atoms in total. The molecule has 0 bridgehead atoms. The first kappa shape index (κ1) is 19.5. The van der Waals surface area contributed by atoms with Crippen LogP contribution in [0, 0.1) is 0 Å². The van der Waals surface area contributed by atoms with Crippen molar-refractivity contribution in [1.82, 2.24) is 14.9 Å². The zero-order chi connectivity index (χ0) is 19.8. The van der Waals surface area contributed by atoms with Crippen molar-refractivity contribution in [1.29, 1.82) is 0 Å². The van der Waals surface area contributed by atoms with E-state index in [0.29, 0.717) is 5.89 Å². The first-order valence-electron chi connectivity index (χ1n) is 8.28. The third kappa shape index (κ3) is 5.86. The molecule has 0 aliphatic rings. The summed E-state index contributed by atoms with van der Waals surface area (Å²) in [5, 5.41) is 8.65. The van der Waals surface area contributed by atoms with Gasteiger partial charge in [-0.3, -0.25) is 4.79 Å². The van der Waals surface area contributed by atoms with Gasteiger partial charge in [-0.1, -0.05) is 48.5 Å². The number of nitrogens with one attached hydrogen (secondary N) is 1. The maximum Gasteiger partial charge on any atom is 0.321 e. The zero-order valence-electron chi connectivity index (χ0n) is 14.7. The lowest BCUT2D eigenvalue weighted by Gasteiger charge is -2.03. The Labute approximate surface area is 161 Å². The fraction of sp³-hybridized carbons (Fsp3) is 0.105. The van der Waals surface area contributed by atoms with Crippen molar-refractivity contribution in [2.45, 2.75) is 6.61 Å². The Morgan fingerprint density at radius 3 is 2.43 bits per heavy atom. The van der Waals surface area contributed by atoms with Gasteiger partial charge < -0.3 is 9.15 Å². The third-order valence-corrected chi connectivity index (χ3v) is 4.54. The average molecular weight is 399 g/mol. The Morgan fingerprint density at radius 1 is 1.04 bits per heavy atom. The molecule has 1 heterocycles. The number of aromatic nitrogens is 2. The molecular formula is C19H17N3O5S. The number of hydrogen-bond donors (Lipinski definition) is 1. The van der Waals surface area contributed by atoms with Crippen molar-refractivity contribution in [3.63, 3.8) is 0 Å². The van der Waals surface area contributed by atoms with Gasteiger partial charge in [0, 0.05) is 11.0 Å². The van der Waals surface area contributed by atoms with Crippen LogP contribution in [0.4, 0.5) is 0 Å². The van der Waals surface area contributed by atoms with Gasteiger partial charge in [0.05, 0.1) is 0 Å². The van der Waals surface area contributed by atoms with Gasteiger partial charge in [-0.2, -0.15) is 0 Å². The minimum absolute atomic E-state index is 0.110. The predicted octanol–water partition coefficient (Wildman–Crippen LogP) is 2.37. The minimum atomic E-state index is -3.77. The quantitative estimate of drug-likeness (QED) is 0.579. The lowest BCUT2D eigenvalue weighted by atomic mass is 10.2. The number of carbonyl (C=O) groups is 1. The number of rotatable bonds is 8. The van der Waals surface area contributed by atoms with E-state index < -0.39 is 22.5 Å². The molecule has 1 N–H and O–H groups in total. The molecule has 0 spiro atoms. The molecule has 1 aromatic heterocycles. The minimum Gasteiger partial charge on any atom is -0.455 e. The molecule has 0 aliphatic heterocycles. The molecule has 0 aliphatic carbocycles. The van der Waals surface area contributed by atoms with Gasteiger partial charge in [0.2, 0.25) is 15.9 Å². The summed E-state index contributed by atoms with van der Waals surface area (Å²) in [6.07, 6.45) is 1.43. The number of ether oxygens (including phenoxy) is 1. The summed E-state index contributed by atoms with van der Waals surface area (Å²) >= 11 is 0. The van der Waals surface area contributed by atoms with Gasteiger partial charge in [-0.05, 0) is 23.8 Å². The fourth-order valence-electron chi connectivity index (χ4n) is 2.14. The summed E-state index contributed by atoms with van der Waals surface area (Å²) < 4.78 is 36.3. The smallest absolute Gasteiger partial charge is 0.321 e. The van der Waals surface area contributed by atoms with Gasteiger partial charge >= 0.3 is 5.97 Å². The van der Waals surface area contributed by atoms with Crippen LogP contribution in [0.15, 0.2) is 70.5 Å². The highest BCUT2D eigenvalue weighted by atomic mass is 32.2. The molecule has 0 unspecified atom stereocenters. The standard InChI is InChI=1S/C19H17N3O5S/c23-18(13-20-28(24,25)12-11-15-7-3-1-4-8-15)26-14-17-21-22-19(27-17)16-9-5-2-6-10-16/h1-12,20H,13-14H2/b12-11-. The number of benzene rings is 2. The van der Waals surface area contributed by atoms with E-state index in [4.69, 9.17) is 9.15 Å². The van der Waals surface area contributed by atoms with E-state index in [9.17, 15) is 13.2 Å². The molecule has 0 amide bonds. The van der Waals surface area contributed by atoms with Gasteiger partial charge in [0.1, 0.15) is 6.54 Å². The Kier molecular flexibility index (Phi) is 6.30. The van der Waals surface area contributed by atoms with Crippen LogP contribution in [0.3, 0.4) is 0 Å². The fourth-order valence-corrected chi connectivity index (χ4v) is 2.89. The number of hydrogen-bond acceptors (Lipinski definition) is 7. The van der Waals surface area contributed by atoms with Crippen LogP contribution in [0.2, 0.25) is 0 Å². The Hall–Kier alpha value is -3.30. The SMILES string of the molecule is O=C(CNS(=O)(=O)/C=C\c1ccccc1)OCc1nnc(-c2ccccc2)o1. The largest absolute Gasteiger partial charge is 0.455 e. The van der Waals surface area contributed by atoms with Crippen LogP contribution in [-0.4, -0.2) is 31.1 Å². The van der Waals surface area contributed by atoms with Crippen LogP contribution in [-0.2, 0) is 26.2 Å². The van der Waals surface area contributed by atoms with Crippen LogP contribution < -0.4 is 4.72 Å². The number of sulfonamides is 1. The van der Waals surface area contributed by atoms with E-state index in [1.165, 1.54) is 6.08 Å². The lowest BCUT2D eigenvalue weighted by molar-refractivity contribution is -0.144. The molecule has 0 saturated heterocycles. The molecule has 2 aromatic carbocycles. The van der Waals surface area contributed by atoms with E-state index in [-0.39, 0.29) is 12.5 Å². The van der Waals surface area contributed by atoms with Crippen molar-refractivity contribution in [3.8, 4) is 11.5 Å². The first-order valence-corrected chi connectivity index (χ1v) is 9.83. The molecule has 9 heteroatoms. The summed E-state index contributed by atoms with van der Waals surface area (Å²) in [5.74, 6) is -0.353. The molecule has 28 heavy (non-hydrogen) atoms. The second-order valence-electron chi connectivity index (χ2n) is 5.61. The molecule has 3 rings (SSSR count). The molecule has 3 aromatic rings. The maximum absolute atomic E-state index is 11.9. The average Bonchev–Trinajstić information content (AvgIpc) is 3.20. The predicted molar refractivity (Wildman–Crippen MR) is 102 cm³/mol. The molecule has 0 radical (unpaired) electrons. The Morgan fingerprint density at radius 2 is 1.71 bits per heavy atom. The Bertz CT molecular complexity index is 1050. The van der Waals surface area contributed by atoms with Crippen molar-refractivity contribution in [2.24, 2.45) is 0 Å². The van der Waals surface area contributed by atoms with Crippen LogP contribution in [0.25, 0.3) is 17.5 Å². The first-order chi connectivity index (χ1) is 13.5. The zero-order valence-corrected chi connectivity index (χ0v) is 15.5. The summed E-state index contributed by atoms with van der Waals surface area (Å²) in [6, 6.07) is 18.1. The summed E-state index contributed by atoms with van der Waals surface area (Å²) in [7, 11) is -3.77. The highest BCUT2D eigenvalue weighted by Crippen LogP contribution is 2.17. The van der Waals surface area contributed by atoms with Crippen molar-refractivity contribution < 1.29 is 22.4 Å². The second-order valence-corrected chi connectivity index (χ2v) is 7.26. The lowest BCUT2D eigenvalue weighted by Crippen LogP contribution is -2.29. The maximum atomic E-state index is 11.9. The normalized spacial score (nSPS) is 11.6. The molecule has 144 valence electrons. The topological polar surface area (TPSA) is 111 Å². The van der Waals surface area contributed by atoms with Crippen molar-refractivity contribution in [2.75, 3.05) is 6.54 Å². The summed E-state index contributed by atoms with van der Waals surface area (Å²) in [5.41, 5.74) is 1.46. The second kappa shape index (κ2) is 9.07. The van der Waals surface area contributed by atoms with Crippen LogP contribution in [0.5, 0.6) is 0 Å². The molecule has 0 atom stereocenters. The number of esters is 1. The highest BCUT2D eigenvalue weighted by molar-refractivity contribution is 7.92. The Balaban J connectivity index is 1.47. The third-order valence-electron chi connectivity index (χ3n) is 3.50. The summed E-state index contributed by atoms with van der Waals surface area (Å²) in [6.45, 7) is -0.763. The van der Waals surface area contributed by atoms with Gasteiger partial charge in [0.25, 0.3) is 5.89 Å². The van der Waals surface area contributed by atoms with Gasteiger partial charge in [0.15, 0.2) is 6.61 Å². The molecular weight excluding hydrogens is 382 g/mol. The highest BCUT2D eigenvalue weighted by Gasteiger charge is 2.13. The molecule has 0 fully saturated rings. The van der Waals surface area contributed by atoms with Crippen LogP contribution >= 0.6 is 0 Å². The van der Waals surface area contributed by atoms with Gasteiger partial charge in [-0.25, -0.2) is 13.1 Å². The van der Waals surface area contributed by atoms with E-state index in [2.05, 4.69) is 14.9 Å². The summed E-state index contributed by atoms with van der Waals surface area (Å²) in [4.78, 5) is 11.8. The van der Waals surface area contributed by atoms with Gasteiger partial charge in [-0.15, -0.1) is 10.2 Å². The van der Waals surface area contributed by atoms with Crippen LogP contribution in [0.1, 0.15) is 11.5 Å². The number of carbonyl (C=O) groups excluding carboxylic acids is 1. The number of nitrogens with zero attached hydrogens (tertiary/aromatic N) is 2. The van der Waals surface area contributed by atoms with Crippen molar-refractivity contribution >= 4 is 22.1 Å².